The molecule has 2 amide bonds. The van der Waals surface area contributed by atoms with Crippen molar-refractivity contribution in [1.29, 1.82) is 0 Å². The number of amides is 2. The third-order valence-electron chi connectivity index (χ3n) is 6.21. The number of carboxylic acids is 1. The number of carbonyl (C=O) groups is 3. The Hall–Kier alpha value is -1.75. The van der Waals surface area contributed by atoms with Crippen molar-refractivity contribution in [3.05, 3.63) is 0 Å². The van der Waals surface area contributed by atoms with Crippen molar-refractivity contribution < 1.29 is 19.5 Å². The van der Waals surface area contributed by atoms with Crippen LogP contribution in [0.4, 0.5) is 0 Å². The first kappa shape index (κ1) is 25.5. The van der Waals surface area contributed by atoms with Crippen LogP contribution in [0.1, 0.15) is 64.2 Å². The standard InChI is InChI=1S/C21H40N6O4/c22-21(23)25-11-6-10-24-19(30)17-9-4-5-12-27(17)20(31)16(26-14-18(28)29)13-15-7-2-1-3-8-15/h15-17,21,25-26H,1-14,22-23H2,(H,24,30)(H,28,29)/t16-,17+/m1/s1. The van der Waals surface area contributed by atoms with Gasteiger partial charge in [-0.2, -0.15) is 0 Å². The number of hydrogen-bond donors (Lipinski definition) is 6. The number of likely N-dealkylation sites (tertiary alicyclic amines) is 1. The van der Waals surface area contributed by atoms with Gasteiger partial charge >= 0.3 is 5.97 Å². The molecule has 8 N–H and O–H groups in total. The van der Waals surface area contributed by atoms with Crippen LogP contribution < -0.4 is 27.4 Å². The number of nitrogens with zero attached hydrogens (tertiary/aromatic N) is 1. The molecule has 0 aromatic rings. The van der Waals surface area contributed by atoms with E-state index in [0.717, 1.165) is 38.5 Å². The van der Waals surface area contributed by atoms with Crippen LogP contribution in [0.25, 0.3) is 0 Å². The summed E-state index contributed by atoms with van der Waals surface area (Å²) in [5.74, 6) is -0.870. The molecule has 1 aliphatic heterocycles. The fourth-order valence-corrected chi connectivity index (χ4v) is 4.59. The van der Waals surface area contributed by atoms with Gasteiger partial charge in [-0.15, -0.1) is 0 Å². The molecule has 1 saturated carbocycles. The minimum atomic E-state index is -0.986. The zero-order valence-electron chi connectivity index (χ0n) is 18.5. The third-order valence-corrected chi connectivity index (χ3v) is 6.21. The maximum Gasteiger partial charge on any atom is 0.317 e. The van der Waals surface area contributed by atoms with Gasteiger partial charge in [0, 0.05) is 13.1 Å². The van der Waals surface area contributed by atoms with Crippen molar-refractivity contribution in [1.82, 2.24) is 20.9 Å². The molecule has 1 saturated heterocycles. The van der Waals surface area contributed by atoms with Gasteiger partial charge in [0.2, 0.25) is 11.8 Å². The molecule has 10 nitrogen and oxygen atoms in total. The summed E-state index contributed by atoms with van der Waals surface area (Å²) < 4.78 is 0. The number of aliphatic carboxylic acids is 1. The molecule has 2 fully saturated rings. The lowest BCUT2D eigenvalue weighted by atomic mass is 9.84. The molecule has 1 aliphatic carbocycles. The number of hydrogen-bond acceptors (Lipinski definition) is 7. The highest BCUT2D eigenvalue weighted by molar-refractivity contribution is 5.90. The van der Waals surface area contributed by atoms with Crippen molar-refractivity contribution in [3.63, 3.8) is 0 Å². The van der Waals surface area contributed by atoms with Crippen LogP contribution in [0, 0.1) is 5.92 Å². The summed E-state index contributed by atoms with van der Waals surface area (Å²) in [5.41, 5.74) is 10.9. The molecule has 178 valence electrons. The summed E-state index contributed by atoms with van der Waals surface area (Å²) in [5, 5.41) is 17.8. The van der Waals surface area contributed by atoms with E-state index in [1.807, 2.05) is 0 Å². The second-order valence-electron chi connectivity index (χ2n) is 8.73. The average Bonchev–Trinajstić information content (AvgIpc) is 2.76. The number of carbonyl (C=O) groups excluding carboxylic acids is 2. The third kappa shape index (κ3) is 9.10. The molecule has 0 spiro atoms. The molecule has 2 atom stereocenters. The Morgan fingerprint density at radius 3 is 2.35 bits per heavy atom. The summed E-state index contributed by atoms with van der Waals surface area (Å²) in [6, 6.07) is -1.07. The summed E-state index contributed by atoms with van der Waals surface area (Å²) in [6.07, 6.45) is 8.77. The van der Waals surface area contributed by atoms with Gasteiger partial charge in [-0.25, -0.2) is 0 Å². The SMILES string of the molecule is NC(N)NCCCNC(=O)[C@@H]1CCCCN1C(=O)[C@@H](CC1CCCCC1)NCC(=O)O. The summed E-state index contributed by atoms with van der Waals surface area (Å²) >= 11 is 0. The van der Waals surface area contributed by atoms with Crippen LogP contribution in [0.2, 0.25) is 0 Å². The normalized spacial score (nSPS) is 21.1. The molecule has 0 bridgehead atoms. The molecule has 0 radical (unpaired) electrons. The van der Waals surface area contributed by atoms with E-state index in [4.69, 9.17) is 16.6 Å². The van der Waals surface area contributed by atoms with E-state index in [1.165, 1.54) is 6.42 Å². The highest BCUT2D eigenvalue weighted by Gasteiger charge is 2.36. The zero-order valence-corrected chi connectivity index (χ0v) is 18.5. The van der Waals surface area contributed by atoms with Crippen LogP contribution in [-0.4, -0.2) is 72.3 Å². The Kier molecular flexibility index (Phi) is 11.2. The van der Waals surface area contributed by atoms with Crippen LogP contribution in [0.3, 0.4) is 0 Å². The van der Waals surface area contributed by atoms with Gasteiger partial charge in [-0.05, 0) is 44.6 Å². The summed E-state index contributed by atoms with van der Waals surface area (Å²) in [4.78, 5) is 39.0. The number of rotatable bonds is 12. The monoisotopic (exact) mass is 440 g/mol. The molecule has 10 heteroatoms. The Morgan fingerprint density at radius 1 is 0.968 bits per heavy atom. The predicted molar refractivity (Wildman–Crippen MR) is 118 cm³/mol. The van der Waals surface area contributed by atoms with E-state index >= 15 is 0 Å². The van der Waals surface area contributed by atoms with Gasteiger partial charge in [-0.1, -0.05) is 32.1 Å². The molecule has 0 aromatic carbocycles. The fourth-order valence-electron chi connectivity index (χ4n) is 4.59. The largest absolute Gasteiger partial charge is 0.480 e. The van der Waals surface area contributed by atoms with Crippen molar-refractivity contribution in [2.24, 2.45) is 17.4 Å². The van der Waals surface area contributed by atoms with Crippen molar-refractivity contribution in [2.45, 2.75) is 82.6 Å². The number of piperidine rings is 1. The first-order valence-electron chi connectivity index (χ1n) is 11.7. The molecule has 0 unspecified atom stereocenters. The van der Waals surface area contributed by atoms with Crippen LogP contribution in [0.5, 0.6) is 0 Å². The fraction of sp³-hybridized carbons (Fsp3) is 0.857. The molecule has 0 aromatic heterocycles. The van der Waals surface area contributed by atoms with E-state index in [9.17, 15) is 14.4 Å². The average molecular weight is 441 g/mol. The van der Waals surface area contributed by atoms with Crippen molar-refractivity contribution >= 4 is 17.8 Å². The number of carboxylic acid groups (broad SMARTS) is 1. The van der Waals surface area contributed by atoms with Crippen LogP contribution in [0.15, 0.2) is 0 Å². The van der Waals surface area contributed by atoms with Gasteiger partial charge in [-0.3, -0.25) is 25.0 Å². The topological polar surface area (TPSA) is 163 Å². The molecular weight excluding hydrogens is 400 g/mol. The maximum atomic E-state index is 13.4. The van der Waals surface area contributed by atoms with E-state index in [2.05, 4.69) is 16.0 Å². The minimum Gasteiger partial charge on any atom is -0.480 e. The predicted octanol–water partition coefficient (Wildman–Crippen LogP) is -0.322. The Morgan fingerprint density at radius 2 is 1.68 bits per heavy atom. The van der Waals surface area contributed by atoms with E-state index < -0.39 is 24.3 Å². The van der Waals surface area contributed by atoms with Gasteiger partial charge in [0.25, 0.3) is 0 Å². The smallest absolute Gasteiger partial charge is 0.317 e. The number of nitrogens with one attached hydrogen (secondary N) is 3. The molecule has 2 aliphatic rings. The molecular formula is C21H40N6O4. The number of nitrogens with two attached hydrogens (primary N) is 2. The lowest BCUT2D eigenvalue weighted by Gasteiger charge is -2.38. The van der Waals surface area contributed by atoms with Crippen LogP contribution >= 0.6 is 0 Å². The van der Waals surface area contributed by atoms with E-state index in [-0.39, 0.29) is 18.4 Å². The quantitative estimate of drug-likeness (QED) is 0.178. The summed E-state index contributed by atoms with van der Waals surface area (Å²) in [7, 11) is 0. The van der Waals surface area contributed by atoms with Gasteiger partial charge in [0.05, 0.1) is 12.6 Å². The highest BCUT2D eigenvalue weighted by Crippen LogP contribution is 2.28. The second-order valence-corrected chi connectivity index (χ2v) is 8.73. The second kappa shape index (κ2) is 13.6. The molecule has 1 heterocycles. The van der Waals surface area contributed by atoms with Crippen LogP contribution in [-0.2, 0) is 14.4 Å². The highest BCUT2D eigenvalue weighted by atomic mass is 16.4. The zero-order chi connectivity index (χ0) is 22.6. The molecule has 2 rings (SSSR count). The van der Waals surface area contributed by atoms with Gasteiger partial charge < -0.3 is 26.8 Å². The maximum absolute atomic E-state index is 13.4. The first-order valence-corrected chi connectivity index (χ1v) is 11.7. The lowest BCUT2D eigenvalue weighted by Crippen LogP contribution is -2.57. The van der Waals surface area contributed by atoms with Gasteiger partial charge in [0.1, 0.15) is 12.3 Å². The lowest BCUT2D eigenvalue weighted by molar-refractivity contribution is -0.145. The van der Waals surface area contributed by atoms with Crippen molar-refractivity contribution in [3.8, 4) is 0 Å². The summed E-state index contributed by atoms with van der Waals surface area (Å²) in [6.45, 7) is 1.33. The van der Waals surface area contributed by atoms with E-state index in [0.29, 0.717) is 44.8 Å². The van der Waals surface area contributed by atoms with Crippen molar-refractivity contribution in [2.75, 3.05) is 26.2 Å². The molecule has 31 heavy (non-hydrogen) atoms. The minimum absolute atomic E-state index is 0.151. The first-order chi connectivity index (χ1) is 14.9. The van der Waals surface area contributed by atoms with Gasteiger partial charge in [0.15, 0.2) is 0 Å². The Labute approximate surface area is 184 Å². The van der Waals surface area contributed by atoms with E-state index in [1.54, 1.807) is 4.90 Å². The Bertz CT molecular complexity index is 582. The Balaban J connectivity index is 1.96.